The summed E-state index contributed by atoms with van der Waals surface area (Å²) in [6.07, 6.45) is 2.76. The Kier molecular flexibility index (Phi) is 2.60. The fraction of sp³-hybridized carbons (Fsp3) is 0.444. The molecular formula is C9H14N2. The van der Waals surface area contributed by atoms with Gasteiger partial charge in [-0.3, -0.25) is 4.98 Å². The van der Waals surface area contributed by atoms with Gasteiger partial charge in [0.2, 0.25) is 0 Å². The van der Waals surface area contributed by atoms with E-state index in [4.69, 9.17) is 5.73 Å². The Morgan fingerprint density at radius 1 is 1.64 bits per heavy atom. The molecule has 0 spiro atoms. The van der Waals surface area contributed by atoms with Crippen molar-refractivity contribution in [2.45, 2.75) is 26.3 Å². The third-order valence-corrected chi connectivity index (χ3v) is 1.52. The van der Waals surface area contributed by atoms with Crippen LogP contribution in [0.4, 0.5) is 0 Å². The molecule has 0 saturated heterocycles. The zero-order valence-electron chi connectivity index (χ0n) is 7.04. The van der Waals surface area contributed by atoms with E-state index in [1.165, 1.54) is 5.56 Å². The quantitative estimate of drug-likeness (QED) is 0.689. The van der Waals surface area contributed by atoms with Crippen LogP contribution >= 0.6 is 0 Å². The summed E-state index contributed by atoms with van der Waals surface area (Å²) in [6, 6.07) is 4.32. The molecule has 1 atom stereocenters. The first-order valence-electron chi connectivity index (χ1n) is 3.85. The molecule has 0 fully saturated rings. The summed E-state index contributed by atoms with van der Waals surface area (Å²) in [5.74, 6) is 0. The lowest BCUT2D eigenvalue weighted by molar-refractivity contribution is 0.736. The first-order valence-corrected chi connectivity index (χ1v) is 3.85. The van der Waals surface area contributed by atoms with Crippen LogP contribution in [0.3, 0.4) is 0 Å². The lowest BCUT2D eigenvalue weighted by Crippen LogP contribution is -2.17. The molecule has 60 valence electrons. The highest BCUT2D eigenvalue weighted by Gasteiger charge is 1.96. The Bertz CT molecular complexity index is 231. The van der Waals surface area contributed by atoms with Crippen molar-refractivity contribution >= 4 is 0 Å². The van der Waals surface area contributed by atoms with Crippen molar-refractivity contribution in [3.8, 4) is 0 Å². The molecule has 0 bridgehead atoms. The summed E-state index contributed by atoms with van der Waals surface area (Å²) in [4.78, 5) is 4.11. The van der Waals surface area contributed by atoms with Gasteiger partial charge >= 0.3 is 0 Å². The molecule has 0 unspecified atom stereocenters. The van der Waals surface area contributed by atoms with Crippen LogP contribution in [0.5, 0.6) is 0 Å². The highest BCUT2D eigenvalue weighted by Crippen LogP contribution is 2.02. The van der Waals surface area contributed by atoms with Crippen LogP contribution in [-0.2, 0) is 6.42 Å². The molecule has 1 rings (SSSR count). The number of pyridine rings is 1. The van der Waals surface area contributed by atoms with Gasteiger partial charge in [-0.2, -0.15) is 0 Å². The summed E-state index contributed by atoms with van der Waals surface area (Å²) in [7, 11) is 0. The average molecular weight is 150 g/mol. The third-order valence-electron chi connectivity index (χ3n) is 1.52. The number of nitrogens with zero attached hydrogens (tertiary/aromatic N) is 1. The van der Waals surface area contributed by atoms with Crippen LogP contribution in [0.1, 0.15) is 18.2 Å². The van der Waals surface area contributed by atoms with E-state index in [1.807, 2.05) is 26.1 Å². The smallest absolute Gasteiger partial charge is 0.0375 e. The minimum atomic E-state index is 0.233. The van der Waals surface area contributed by atoms with E-state index in [9.17, 15) is 0 Å². The van der Waals surface area contributed by atoms with E-state index in [-0.39, 0.29) is 6.04 Å². The van der Waals surface area contributed by atoms with Crippen LogP contribution in [-0.4, -0.2) is 11.0 Å². The predicted octanol–water partition coefficient (Wildman–Crippen LogP) is 1.28. The molecule has 1 aromatic rings. The second-order valence-corrected chi connectivity index (χ2v) is 2.99. The Balaban J connectivity index is 2.71. The fourth-order valence-electron chi connectivity index (χ4n) is 1.10. The zero-order chi connectivity index (χ0) is 8.27. The van der Waals surface area contributed by atoms with Gasteiger partial charge in [0, 0.05) is 17.9 Å². The van der Waals surface area contributed by atoms with Crippen LogP contribution in [0.15, 0.2) is 18.3 Å². The number of hydrogen-bond acceptors (Lipinski definition) is 2. The van der Waals surface area contributed by atoms with Crippen molar-refractivity contribution in [2.75, 3.05) is 0 Å². The maximum Gasteiger partial charge on any atom is 0.0375 e. The molecular weight excluding hydrogens is 136 g/mol. The van der Waals surface area contributed by atoms with E-state index in [1.54, 1.807) is 0 Å². The Morgan fingerprint density at radius 2 is 2.36 bits per heavy atom. The number of aromatic nitrogens is 1. The van der Waals surface area contributed by atoms with Crippen LogP contribution in [0.2, 0.25) is 0 Å². The minimum absolute atomic E-state index is 0.233. The molecule has 2 heteroatoms. The van der Waals surface area contributed by atoms with Gasteiger partial charge in [0.15, 0.2) is 0 Å². The van der Waals surface area contributed by atoms with Gasteiger partial charge in [-0.05, 0) is 38.0 Å². The van der Waals surface area contributed by atoms with Crippen molar-refractivity contribution in [2.24, 2.45) is 5.73 Å². The first-order chi connectivity index (χ1) is 5.18. The van der Waals surface area contributed by atoms with Gasteiger partial charge in [-0.25, -0.2) is 0 Å². The number of nitrogens with two attached hydrogens (primary N) is 1. The van der Waals surface area contributed by atoms with Crippen LogP contribution in [0, 0.1) is 6.92 Å². The molecule has 0 aromatic carbocycles. The Morgan fingerprint density at radius 3 is 2.91 bits per heavy atom. The molecule has 0 aliphatic carbocycles. The summed E-state index contributed by atoms with van der Waals surface area (Å²) in [5, 5.41) is 0. The summed E-state index contributed by atoms with van der Waals surface area (Å²) >= 11 is 0. The average Bonchev–Trinajstić information content (AvgIpc) is 1.85. The second-order valence-electron chi connectivity index (χ2n) is 2.99. The minimum Gasteiger partial charge on any atom is -0.328 e. The second kappa shape index (κ2) is 3.49. The Labute approximate surface area is 67.5 Å². The first kappa shape index (κ1) is 8.21. The van der Waals surface area contributed by atoms with Gasteiger partial charge in [0.05, 0.1) is 0 Å². The van der Waals surface area contributed by atoms with Gasteiger partial charge in [0.25, 0.3) is 0 Å². The largest absolute Gasteiger partial charge is 0.328 e. The van der Waals surface area contributed by atoms with Crippen molar-refractivity contribution in [3.63, 3.8) is 0 Å². The highest BCUT2D eigenvalue weighted by molar-refractivity contribution is 5.16. The molecule has 1 aromatic heterocycles. The maximum atomic E-state index is 5.65. The molecule has 1 heterocycles. The van der Waals surface area contributed by atoms with E-state index in [2.05, 4.69) is 11.1 Å². The lowest BCUT2D eigenvalue weighted by atomic mass is 10.1. The summed E-state index contributed by atoms with van der Waals surface area (Å²) < 4.78 is 0. The topological polar surface area (TPSA) is 38.9 Å². The normalized spacial score (nSPS) is 13.0. The van der Waals surface area contributed by atoms with Crippen molar-refractivity contribution in [1.29, 1.82) is 0 Å². The van der Waals surface area contributed by atoms with Crippen molar-refractivity contribution < 1.29 is 0 Å². The van der Waals surface area contributed by atoms with Gasteiger partial charge in [-0.1, -0.05) is 0 Å². The molecule has 0 aliphatic heterocycles. The number of rotatable bonds is 2. The zero-order valence-corrected chi connectivity index (χ0v) is 7.04. The number of hydrogen-bond donors (Lipinski definition) is 1. The molecule has 0 radical (unpaired) electrons. The highest BCUT2D eigenvalue weighted by atomic mass is 14.7. The maximum absolute atomic E-state index is 5.65. The summed E-state index contributed by atoms with van der Waals surface area (Å²) in [5.41, 5.74) is 7.98. The number of aryl methyl sites for hydroxylation is 1. The standard InChI is InChI=1S/C9H14N2/c1-7(10)5-9-3-4-11-8(2)6-9/h3-4,6-7H,5,10H2,1-2H3/t7-/m1/s1. The van der Waals surface area contributed by atoms with Gasteiger partial charge in [-0.15, -0.1) is 0 Å². The monoisotopic (exact) mass is 150 g/mol. The SMILES string of the molecule is Cc1cc(C[C@@H](C)N)ccn1. The molecule has 2 nitrogen and oxygen atoms in total. The van der Waals surface area contributed by atoms with Gasteiger partial charge < -0.3 is 5.73 Å². The fourth-order valence-corrected chi connectivity index (χ4v) is 1.10. The van der Waals surface area contributed by atoms with E-state index >= 15 is 0 Å². The van der Waals surface area contributed by atoms with Gasteiger partial charge in [0.1, 0.15) is 0 Å². The van der Waals surface area contributed by atoms with E-state index in [0.717, 1.165) is 12.1 Å². The van der Waals surface area contributed by atoms with E-state index in [0.29, 0.717) is 0 Å². The molecule has 0 aliphatic rings. The summed E-state index contributed by atoms with van der Waals surface area (Å²) in [6.45, 7) is 4.00. The van der Waals surface area contributed by atoms with Crippen molar-refractivity contribution in [1.82, 2.24) is 4.98 Å². The molecule has 2 N–H and O–H groups in total. The Hall–Kier alpha value is -0.890. The third kappa shape index (κ3) is 2.68. The van der Waals surface area contributed by atoms with Crippen LogP contribution < -0.4 is 5.73 Å². The van der Waals surface area contributed by atoms with Crippen LogP contribution in [0.25, 0.3) is 0 Å². The molecule has 11 heavy (non-hydrogen) atoms. The van der Waals surface area contributed by atoms with E-state index < -0.39 is 0 Å². The predicted molar refractivity (Wildman–Crippen MR) is 46.3 cm³/mol. The van der Waals surface area contributed by atoms with Crippen molar-refractivity contribution in [3.05, 3.63) is 29.6 Å². The lowest BCUT2D eigenvalue weighted by Gasteiger charge is -2.04. The molecule has 0 amide bonds. The molecule has 0 saturated carbocycles.